The number of nitrogens with one attached hydrogen (secondary N) is 2. The van der Waals surface area contributed by atoms with Gasteiger partial charge in [-0.1, -0.05) is 29.8 Å². The van der Waals surface area contributed by atoms with Crippen molar-refractivity contribution >= 4 is 35.6 Å². The van der Waals surface area contributed by atoms with Gasteiger partial charge in [-0.2, -0.15) is 0 Å². The summed E-state index contributed by atoms with van der Waals surface area (Å²) >= 11 is 0. The molecule has 5 nitrogen and oxygen atoms in total. The van der Waals surface area contributed by atoms with Crippen molar-refractivity contribution in [1.29, 1.82) is 0 Å². The Hall–Kier alpha value is -1.28. The monoisotopic (exact) mass is 456 g/mol. The maximum absolute atomic E-state index is 5.35. The molecule has 2 N–H and O–H groups in total. The van der Waals surface area contributed by atoms with Gasteiger partial charge >= 0.3 is 0 Å². The number of nitrogens with zero attached hydrogens (tertiary/aromatic N) is 2. The molecule has 3 rings (SSSR count). The van der Waals surface area contributed by atoms with Gasteiger partial charge in [0.1, 0.15) is 0 Å². The third kappa shape index (κ3) is 6.18. The Morgan fingerprint density at radius 3 is 2.88 bits per heavy atom. The third-order valence-electron chi connectivity index (χ3n) is 4.67. The quantitative estimate of drug-likeness (QED) is 0.310. The molecule has 2 aliphatic rings. The highest BCUT2D eigenvalue weighted by molar-refractivity contribution is 14.0. The molecule has 1 fully saturated rings. The Labute approximate surface area is 167 Å². The first-order valence-electron chi connectivity index (χ1n) is 8.88. The van der Waals surface area contributed by atoms with Crippen LogP contribution in [0.2, 0.25) is 0 Å². The summed E-state index contributed by atoms with van der Waals surface area (Å²) in [5.74, 6) is 0.905. The second-order valence-electron chi connectivity index (χ2n) is 6.35. The Bertz CT molecular complexity index is 576. The summed E-state index contributed by atoms with van der Waals surface area (Å²) in [5, 5.41) is 6.99. The van der Waals surface area contributed by atoms with E-state index in [4.69, 9.17) is 4.74 Å². The molecule has 0 amide bonds. The van der Waals surface area contributed by atoms with E-state index in [1.54, 1.807) is 0 Å². The predicted molar refractivity (Wildman–Crippen MR) is 115 cm³/mol. The summed E-state index contributed by atoms with van der Waals surface area (Å²) in [6, 6.07) is 11.1. The zero-order chi connectivity index (χ0) is 16.6. The Balaban J connectivity index is 0.00000225. The zero-order valence-corrected chi connectivity index (χ0v) is 17.2. The number of anilines is 1. The minimum absolute atomic E-state index is 0. The van der Waals surface area contributed by atoms with Crippen LogP contribution in [-0.2, 0) is 4.74 Å². The van der Waals surface area contributed by atoms with E-state index < -0.39 is 0 Å². The molecule has 6 heteroatoms. The number of benzene rings is 1. The molecule has 0 spiro atoms. The fraction of sp³-hybridized carbons (Fsp3) is 0.526. The molecule has 25 heavy (non-hydrogen) atoms. The Morgan fingerprint density at radius 1 is 1.32 bits per heavy atom. The lowest BCUT2D eigenvalue weighted by Crippen LogP contribution is -2.45. The normalized spacial score (nSPS) is 20.7. The van der Waals surface area contributed by atoms with Crippen LogP contribution in [0.3, 0.4) is 0 Å². The van der Waals surface area contributed by atoms with Crippen molar-refractivity contribution in [1.82, 2.24) is 10.6 Å². The van der Waals surface area contributed by atoms with E-state index in [2.05, 4.69) is 56.9 Å². The first-order valence-corrected chi connectivity index (χ1v) is 8.88. The average Bonchev–Trinajstić information content (AvgIpc) is 3.11. The third-order valence-corrected chi connectivity index (χ3v) is 4.67. The van der Waals surface area contributed by atoms with Gasteiger partial charge < -0.3 is 20.3 Å². The van der Waals surface area contributed by atoms with E-state index in [9.17, 15) is 0 Å². The van der Waals surface area contributed by atoms with Crippen LogP contribution in [0, 0.1) is 0 Å². The van der Waals surface area contributed by atoms with Crippen LogP contribution in [0.25, 0.3) is 0 Å². The molecule has 1 aromatic rings. The summed E-state index contributed by atoms with van der Waals surface area (Å²) in [6.45, 7) is 4.65. The average molecular weight is 456 g/mol. The molecule has 138 valence electrons. The molecule has 2 aliphatic heterocycles. The van der Waals surface area contributed by atoms with Crippen LogP contribution in [0.5, 0.6) is 0 Å². The maximum atomic E-state index is 5.35. The van der Waals surface area contributed by atoms with Gasteiger partial charge in [-0.3, -0.25) is 4.99 Å². The van der Waals surface area contributed by atoms with Gasteiger partial charge in [0.15, 0.2) is 5.96 Å². The largest absolute Gasteiger partial charge is 0.377 e. The lowest BCUT2D eigenvalue weighted by atomic mass is 10.1. The van der Waals surface area contributed by atoms with Crippen LogP contribution in [-0.4, -0.2) is 51.9 Å². The molecule has 0 saturated carbocycles. The SMILES string of the molecule is CN=C(NCCC1=CCOCC1)NC1CCN(c2ccccc2)C1.I. The van der Waals surface area contributed by atoms with Crippen molar-refractivity contribution in [3.63, 3.8) is 0 Å². The minimum atomic E-state index is 0. The minimum Gasteiger partial charge on any atom is -0.377 e. The molecule has 0 bridgehead atoms. The first kappa shape index (κ1) is 20.0. The fourth-order valence-corrected chi connectivity index (χ4v) is 3.27. The highest BCUT2D eigenvalue weighted by atomic mass is 127. The van der Waals surface area contributed by atoms with Crippen LogP contribution >= 0.6 is 24.0 Å². The molecule has 1 unspecified atom stereocenters. The number of rotatable bonds is 5. The first-order chi connectivity index (χ1) is 11.8. The number of hydrogen-bond acceptors (Lipinski definition) is 3. The molecule has 0 aromatic heterocycles. The standard InChI is InChI=1S/C19H28N4O.HI/c1-20-19(21-11-7-16-9-13-24-14-10-16)22-17-8-12-23(15-17)18-5-3-2-4-6-18;/h2-6,9,17H,7-8,10-15H2,1H3,(H2,20,21,22);1H. The number of guanidine groups is 1. The van der Waals surface area contributed by atoms with Gasteiger partial charge in [-0.15, -0.1) is 24.0 Å². The topological polar surface area (TPSA) is 48.9 Å². The smallest absolute Gasteiger partial charge is 0.191 e. The van der Waals surface area contributed by atoms with Crippen molar-refractivity contribution in [2.24, 2.45) is 4.99 Å². The van der Waals surface area contributed by atoms with E-state index in [0.717, 1.165) is 58.1 Å². The fourth-order valence-electron chi connectivity index (χ4n) is 3.27. The summed E-state index contributed by atoms with van der Waals surface area (Å²) in [5.41, 5.74) is 2.79. The lowest BCUT2D eigenvalue weighted by molar-refractivity contribution is 0.153. The molecular formula is C19H29IN4O. The molecule has 0 radical (unpaired) electrons. The number of para-hydroxylation sites is 1. The van der Waals surface area contributed by atoms with Crippen molar-refractivity contribution in [3.05, 3.63) is 42.0 Å². The van der Waals surface area contributed by atoms with Crippen molar-refractivity contribution in [2.75, 3.05) is 44.8 Å². The number of ether oxygens (including phenoxy) is 1. The van der Waals surface area contributed by atoms with Gasteiger partial charge in [0.2, 0.25) is 0 Å². The van der Waals surface area contributed by atoms with E-state index in [1.807, 2.05) is 7.05 Å². The van der Waals surface area contributed by atoms with Crippen LogP contribution in [0.1, 0.15) is 19.3 Å². The Morgan fingerprint density at radius 2 is 2.16 bits per heavy atom. The molecular weight excluding hydrogens is 427 g/mol. The van der Waals surface area contributed by atoms with E-state index >= 15 is 0 Å². The summed E-state index contributed by atoms with van der Waals surface area (Å²) < 4.78 is 5.35. The van der Waals surface area contributed by atoms with Gasteiger partial charge in [-0.05, 0) is 31.4 Å². The zero-order valence-electron chi connectivity index (χ0n) is 14.9. The van der Waals surface area contributed by atoms with Crippen molar-refractivity contribution in [2.45, 2.75) is 25.3 Å². The van der Waals surface area contributed by atoms with E-state index in [0.29, 0.717) is 6.04 Å². The summed E-state index contributed by atoms with van der Waals surface area (Å²) in [7, 11) is 1.84. The second-order valence-corrected chi connectivity index (χ2v) is 6.35. The van der Waals surface area contributed by atoms with E-state index in [-0.39, 0.29) is 24.0 Å². The highest BCUT2D eigenvalue weighted by Crippen LogP contribution is 2.19. The molecule has 1 saturated heterocycles. The van der Waals surface area contributed by atoms with Gasteiger partial charge in [0.25, 0.3) is 0 Å². The highest BCUT2D eigenvalue weighted by Gasteiger charge is 2.23. The molecule has 0 aliphatic carbocycles. The van der Waals surface area contributed by atoms with E-state index in [1.165, 1.54) is 11.3 Å². The summed E-state index contributed by atoms with van der Waals surface area (Å²) in [4.78, 5) is 6.79. The van der Waals surface area contributed by atoms with Gasteiger partial charge in [0, 0.05) is 38.4 Å². The Kier molecular flexibility index (Phi) is 8.54. The number of halogens is 1. The second kappa shape index (κ2) is 10.7. The van der Waals surface area contributed by atoms with Crippen LogP contribution in [0.4, 0.5) is 5.69 Å². The van der Waals surface area contributed by atoms with Crippen molar-refractivity contribution < 1.29 is 4.74 Å². The van der Waals surface area contributed by atoms with Crippen LogP contribution < -0.4 is 15.5 Å². The van der Waals surface area contributed by atoms with Gasteiger partial charge in [-0.25, -0.2) is 0 Å². The molecule has 1 atom stereocenters. The summed E-state index contributed by atoms with van der Waals surface area (Å²) in [6.07, 6.45) is 5.46. The lowest BCUT2D eigenvalue weighted by Gasteiger charge is -2.20. The predicted octanol–water partition coefficient (Wildman–Crippen LogP) is 2.79. The number of hydrogen-bond donors (Lipinski definition) is 2. The molecule has 1 aromatic carbocycles. The van der Waals surface area contributed by atoms with Gasteiger partial charge in [0.05, 0.1) is 13.2 Å². The maximum Gasteiger partial charge on any atom is 0.191 e. The van der Waals surface area contributed by atoms with Crippen LogP contribution in [0.15, 0.2) is 47.0 Å². The molecule has 2 heterocycles. The van der Waals surface area contributed by atoms with Crippen molar-refractivity contribution in [3.8, 4) is 0 Å². The number of aliphatic imine (C=N–C) groups is 1.